The second kappa shape index (κ2) is 7.40. The van der Waals surface area contributed by atoms with Crippen LogP contribution in [0, 0.1) is 6.92 Å². The number of carbonyl (C=O) groups is 1. The molecule has 1 amide bonds. The molecule has 0 aliphatic carbocycles. The Kier molecular flexibility index (Phi) is 6.18. The molecule has 5 heteroatoms. The van der Waals surface area contributed by atoms with E-state index in [4.69, 9.17) is 5.73 Å². The lowest BCUT2D eigenvalue weighted by Crippen LogP contribution is -2.37. The van der Waals surface area contributed by atoms with Crippen molar-refractivity contribution >= 4 is 29.0 Å². The number of thioether (sulfide) groups is 1. The summed E-state index contributed by atoms with van der Waals surface area (Å²) in [6.07, 6.45) is 2.07. The molecule has 1 aromatic rings. The quantitative estimate of drug-likeness (QED) is 0.785. The summed E-state index contributed by atoms with van der Waals surface area (Å²) in [5.41, 5.74) is 8.20. The van der Waals surface area contributed by atoms with E-state index in [1.165, 1.54) is 0 Å². The number of amides is 1. The third-order valence-electron chi connectivity index (χ3n) is 3.08. The van der Waals surface area contributed by atoms with Gasteiger partial charge in [-0.05, 0) is 50.9 Å². The summed E-state index contributed by atoms with van der Waals surface area (Å²) in [6, 6.07) is 5.87. The van der Waals surface area contributed by atoms with Crippen LogP contribution in [0.25, 0.3) is 0 Å². The number of benzene rings is 1. The van der Waals surface area contributed by atoms with E-state index in [1.54, 1.807) is 17.8 Å². The molecule has 0 aromatic heterocycles. The fraction of sp³-hybridized carbons (Fsp3) is 0.500. The third kappa shape index (κ3) is 5.12. The first-order valence-corrected chi connectivity index (χ1v) is 7.68. The largest absolute Gasteiger partial charge is 0.399 e. The molecule has 1 aromatic carbocycles. The zero-order valence-electron chi connectivity index (χ0n) is 12.1. The van der Waals surface area contributed by atoms with Crippen LogP contribution in [0.3, 0.4) is 0 Å². The predicted molar refractivity (Wildman–Crippen MR) is 84.7 cm³/mol. The van der Waals surface area contributed by atoms with Gasteiger partial charge in [0.1, 0.15) is 0 Å². The van der Waals surface area contributed by atoms with Gasteiger partial charge in [-0.3, -0.25) is 9.69 Å². The molecule has 0 saturated carbocycles. The maximum absolute atomic E-state index is 12.0. The molecule has 1 rings (SSSR count). The van der Waals surface area contributed by atoms with Gasteiger partial charge in [-0.2, -0.15) is 11.8 Å². The lowest BCUT2D eigenvalue weighted by Gasteiger charge is -2.23. The van der Waals surface area contributed by atoms with Crippen LogP contribution in [0.15, 0.2) is 18.2 Å². The number of aryl methyl sites for hydroxylation is 1. The molecule has 0 aliphatic heterocycles. The highest BCUT2D eigenvalue weighted by molar-refractivity contribution is 7.98. The van der Waals surface area contributed by atoms with Gasteiger partial charge in [0.05, 0.1) is 6.54 Å². The topological polar surface area (TPSA) is 58.4 Å². The summed E-state index contributed by atoms with van der Waals surface area (Å²) in [5.74, 6) is 1.02. The number of anilines is 2. The van der Waals surface area contributed by atoms with Crippen molar-refractivity contribution in [2.75, 3.05) is 36.7 Å². The summed E-state index contributed by atoms with van der Waals surface area (Å²) in [6.45, 7) is 4.45. The number of nitrogen functional groups attached to an aromatic ring is 1. The zero-order valence-corrected chi connectivity index (χ0v) is 12.9. The molecule has 19 heavy (non-hydrogen) atoms. The highest BCUT2D eigenvalue weighted by Crippen LogP contribution is 2.17. The molecule has 0 saturated heterocycles. The molecular weight excluding hydrogens is 258 g/mol. The van der Waals surface area contributed by atoms with Crippen LogP contribution in [0.1, 0.15) is 12.5 Å². The molecule has 0 radical (unpaired) electrons. The van der Waals surface area contributed by atoms with E-state index in [9.17, 15) is 4.79 Å². The van der Waals surface area contributed by atoms with Crippen LogP contribution < -0.4 is 11.1 Å². The minimum absolute atomic E-state index is 0.00308. The van der Waals surface area contributed by atoms with Crippen LogP contribution in [0.4, 0.5) is 11.4 Å². The van der Waals surface area contributed by atoms with Gasteiger partial charge in [0, 0.05) is 23.2 Å². The second-order valence-electron chi connectivity index (χ2n) is 4.84. The first kappa shape index (κ1) is 15.9. The number of hydrogen-bond donors (Lipinski definition) is 2. The third-order valence-corrected chi connectivity index (χ3v) is 3.89. The highest BCUT2D eigenvalue weighted by Gasteiger charge is 2.13. The van der Waals surface area contributed by atoms with Crippen molar-refractivity contribution in [3.8, 4) is 0 Å². The highest BCUT2D eigenvalue weighted by atomic mass is 32.2. The van der Waals surface area contributed by atoms with Gasteiger partial charge in [0.15, 0.2) is 0 Å². The Morgan fingerprint density at radius 3 is 2.79 bits per heavy atom. The molecule has 0 aliphatic rings. The van der Waals surface area contributed by atoms with Crippen LogP contribution in [-0.4, -0.2) is 42.4 Å². The van der Waals surface area contributed by atoms with E-state index in [0.29, 0.717) is 18.3 Å². The van der Waals surface area contributed by atoms with E-state index >= 15 is 0 Å². The average molecular weight is 281 g/mol. The minimum Gasteiger partial charge on any atom is -0.399 e. The average Bonchev–Trinajstić information content (AvgIpc) is 2.33. The second-order valence-corrected chi connectivity index (χ2v) is 5.75. The Hall–Kier alpha value is -1.20. The monoisotopic (exact) mass is 281 g/mol. The Morgan fingerprint density at radius 2 is 2.21 bits per heavy atom. The molecular formula is C14H23N3OS. The van der Waals surface area contributed by atoms with Crippen LogP contribution in [-0.2, 0) is 4.79 Å². The Balaban J connectivity index is 2.55. The summed E-state index contributed by atoms with van der Waals surface area (Å²) in [5, 5.41) is 2.92. The zero-order chi connectivity index (χ0) is 14.4. The smallest absolute Gasteiger partial charge is 0.238 e. The van der Waals surface area contributed by atoms with Gasteiger partial charge >= 0.3 is 0 Å². The van der Waals surface area contributed by atoms with E-state index in [-0.39, 0.29) is 5.91 Å². The molecule has 106 valence electrons. The maximum atomic E-state index is 12.0. The van der Waals surface area contributed by atoms with E-state index < -0.39 is 0 Å². The van der Waals surface area contributed by atoms with Gasteiger partial charge in [-0.15, -0.1) is 0 Å². The standard InChI is InChI=1S/C14H23N3OS/c1-10-7-12(15)5-6-13(10)16-14(18)8-17(3)11(2)9-19-4/h5-7,11H,8-9,15H2,1-4H3,(H,16,18). The number of rotatable bonds is 6. The van der Waals surface area contributed by atoms with E-state index in [1.807, 2.05) is 26.1 Å². The van der Waals surface area contributed by atoms with E-state index in [0.717, 1.165) is 17.0 Å². The predicted octanol–water partition coefficient (Wildman–Crippen LogP) is 2.20. The molecule has 1 unspecified atom stereocenters. The molecule has 3 N–H and O–H groups in total. The maximum Gasteiger partial charge on any atom is 0.238 e. The number of likely N-dealkylation sites (N-methyl/N-ethyl adjacent to an activating group) is 1. The molecule has 0 bridgehead atoms. The van der Waals surface area contributed by atoms with Gasteiger partial charge in [0.2, 0.25) is 5.91 Å². The number of nitrogens with zero attached hydrogens (tertiary/aromatic N) is 1. The Morgan fingerprint density at radius 1 is 1.53 bits per heavy atom. The molecule has 4 nitrogen and oxygen atoms in total. The van der Waals surface area contributed by atoms with Crippen molar-refractivity contribution < 1.29 is 4.79 Å². The number of nitrogens with one attached hydrogen (secondary N) is 1. The Labute approximate surface area is 119 Å². The van der Waals surface area contributed by atoms with Crippen molar-refractivity contribution in [1.82, 2.24) is 4.90 Å². The van der Waals surface area contributed by atoms with Crippen LogP contribution >= 0.6 is 11.8 Å². The first-order valence-electron chi connectivity index (χ1n) is 6.29. The number of hydrogen-bond acceptors (Lipinski definition) is 4. The van der Waals surface area contributed by atoms with Crippen molar-refractivity contribution in [3.05, 3.63) is 23.8 Å². The van der Waals surface area contributed by atoms with Crippen LogP contribution in [0.2, 0.25) is 0 Å². The lowest BCUT2D eigenvalue weighted by molar-refractivity contribution is -0.117. The lowest BCUT2D eigenvalue weighted by atomic mass is 10.2. The molecule has 0 spiro atoms. The normalized spacial score (nSPS) is 12.5. The number of nitrogens with two attached hydrogens (primary N) is 1. The van der Waals surface area contributed by atoms with Crippen molar-refractivity contribution in [2.24, 2.45) is 0 Å². The van der Waals surface area contributed by atoms with Gasteiger partial charge in [-0.25, -0.2) is 0 Å². The summed E-state index contributed by atoms with van der Waals surface area (Å²) >= 11 is 1.79. The minimum atomic E-state index is 0.00308. The SMILES string of the molecule is CSCC(C)N(C)CC(=O)Nc1ccc(N)cc1C. The number of carbonyl (C=O) groups excluding carboxylic acids is 1. The Bertz CT molecular complexity index is 437. The fourth-order valence-corrected chi connectivity index (χ4v) is 2.50. The van der Waals surface area contributed by atoms with Crippen molar-refractivity contribution in [3.63, 3.8) is 0 Å². The molecule has 0 heterocycles. The van der Waals surface area contributed by atoms with Gasteiger partial charge < -0.3 is 11.1 Å². The van der Waals surface area contributed by atoms with Gasteiger partial charge in [-0.1, -0.05) is 0 Å². The molecule has 1 atom stereocenters. The fourth-order valence-electron chi connectivity index (χ4n) is 1.77. The van der Waals surface area contributed by atoms with Crippen molar-refractivity contribution in [2.45, 2.75) is 19.9 Å². The van der Waals surface area contributed by atoms with Crippen LogP contribution in [0.5, 0.6) is 0 Å². The van der Waals surface area contributed by atoms with E-state index in [2.05, 4.69) is 23.4 Å². The van der Waals surface area contributed by atoms with Gasteiger partial charge in [0.25, 0.3) is 0 Å². The molecule has 0 fully saturated rings. The summed E-state index contributed by atoms with van der Waals surface area (Å²) in [4.78, 5) is 14.0. The first-order chi connectivity index (χ1) is 8.93. The van der Waals surface area contributed by atoms with Crippen molar-refractivity contribution in [1.29, 1.82) is 0 Å². The summed E-state index contributed by atoms with van der Waals surface area (Å²) < 4.78 is 0. The summed E-state index contributed by atoms with van der Waals surface area (Å²) in [7, 11) is 1.97.